The molecule has 0 radical (unpaired) electrons. The number of ether oxygens (including phenoxy) is 1. The predicted octanol–water partition coefficient (Wildman–Crippen LogP) is 1.73. The first-order valence-electron chi connectivity index (χ1n) is 9.73. The van der Waals surface area contributed by atoms with Gasteiger partial charge in [0.05, 0.1) is 0 Å². The van der Waals surface area contributed by atoms with Gasteiger partial charge in [0.2, 0.25) is 11.8 Å². The van der Waals surface area contributed by atoms with Gasteiger partial charge in [-0.3, -0.25) is 14.9 Å². The lowest BCUT2D eigenvalue weighted by molar-refractivity contribution is -0.136. The number of nitrogens with one attached hydrogen (secondary N) is 1. The Morgan fingerprint density at radius 1 is 1.21 bits per heavy atom. The number of carbonyl (C=O) groups is 3. The SMILES string of the molecule is CC(C)(C)OC(=O)N1CCN(c2ccc(CC3CCC(=O)NC3=O)cn2)CC1. The van der Waals surface area contributed by atoms with E-state index in [0.717, 1.165) is 11.4 Å². The van der Waals surface area contributed by atoms with Crippen molar-refractivity contribution in [1.82, 2.24) is 15.2 Å². The summed E-state index contributed by atoms with van der Waals surface area (Å²) in [6.07, 6.45) is 3.07. The molecule has 1 aromatic heterocycles. The number of aromatic nitrogens is 1. The van der Waals surface area contributed by atoms with Gasteiger partial charge in [0.25, 0.3) is 0 Å². The minimum Gasteiger partial charge on any atom is -0.444 e. The zero-order valence-electron chi connectivity index (χ0n) is 16.7. The van der Waals surface area contributed by atoms with Crippen LogP contribution in [0.1, 0.15) is 39.2 Å². The number of piperidine rings is 1. The summed E-state index contributed by atoms with van der Waals surface area (Å²) in [7, 11) is 0. The molecule has 2 aliphatic rings. The van der Waals surface area contributed by atoms with Crippen LogP contribution in [-0.2, 0) is 20.7 Å². The molecule has 1 unspecified atom stereocenters. The second-order valence-corrected chi connectivity index (χ2v) is 8.33. The van der Waals surface area contributed by atoms with Crippen LogP contribution in [0.2, 0.25) is 0 Å². The number of hydrogen-bond acceptors (Lipinski definition) is 6. The number of anilines is 1. The van der Waals surface area contributed by atoms with E-state index in [-0.39, 0.29) is 23.8 Å². The second kappa shape index (κ2) is 8.16. The maximum absolute atomic E-state index is 12.2. The number of rotatable bonds is 3. The smallest absolute Gasteiger partial charge is 0.410 e. The lowest BCUT2D eigenvalue weighted by atomic mass is 9.92. The maximum atomic E-state index is 12.2. The maximum Gasteiger partial charge on any atom is 0.410 e. The summed E-state index contributed by atoms with van der Waals surface area (Å²) >= 11 is 0. The highest BCUT2D eigenvalue weighted by molar-refractivity contribution is 5.98. The summed E-state index contributed by atoms with van der Waals surface area (Å²) in [5.74, 6) is 0.289. The van der Waals surface area contributed by atoms with E-state index < -0.39 is 5.60 Å². The topological polar surface area (TPSA) is 91.8 Å². The Morgan fingerprint density at radius 2 is 1.93 bits per heavy atom. The Balaban J connectivity index is 1.51. The number of piperazine rings is 1. The molecular formula is C20H28N4O4. The van der Waals surface area contributed by atoms with Gasteiger partial charge in [-0.1, -0.05) is 6.07 Å². The van der Waals surface area contributed by atoms with E-state index >= 15 is 0 Å². The molecule has 0 aliphatic carbocycles. The average Bonchev–Trinajstić information content (AvgIpc) is 2.63. The molecule has 3 rings (SSSR count). The standard InChI is InChI=1S/C20H28N4O4/c1-20(2,3)28-19(27)24-10-8-23(9-11-24)16-6-4-14(13-21-16)12-15-5-7-17(25)22-18(15)26/h4,6,13,15H,5,7-12H2,1-3H3,(H,22,25,26). The molecule has 1 atom stereocenters. The molecule has 1 aromatic rings. The molecule has 1 N–H and O–H groups in total. The molecule has 0 bridgehead atoms. The largest absolute Gasteiger partial charge is 0.444 e. The van der Waals surface area contributed by atoms with Gasteiger partial charge in [-0.05, 0) is 45.2 Å². The molecule has 2 fully saturated rings. The van der Waals surface area contributed by atoms with Crippen molar-refractivity contribution in [1.29, 1.82) is 0 Å². The molecule has 2 saturated heterocycles. The number of amides is 3. The summed E-state index contributed by atoms with van der Waals surface area (Å²) in [4.78, 5) is 43.7. The van der Waals surface area contributed by atoms with Crippen molar-refractivity contribution < 1.29 is 19.1 Å². The third-order valence-corrected chi connectivity index (χ3v) is 4.90. The lowest BCUT2D eigenvalue weighted by Crippen LogP contribution is -2.50. The van der Waals surface area contributed by atoms with Crippen molar-refractivity contribution in [2.24, 2.45) is 5.92 Å². The zero-order valence-corrected chi connectivity index (χ0v) is 16.7. The number of pyridine rings is 1. The monoisotopic (exact) mass is 388 g/mol. The normalized spacial score (nSPS) is 20.8. The summed E-state index contributed by atoms with van der Waals surface area (Å²) in [6, 6.07) is 3.93. The van der Waals surface area contributed by atoms with Crippen LogP contribution in [0.5, 0.6) is 0 Å². The van der Waals surface area contributed by atoms with Crippen LogP contribution < -0.4 is 10.2 Å². The predicted molar refractivity (Wildman–Crippen MR) is 104 cm³/mol. The van der Waals surface area contributed by atoms with Crippen LogP contribution in [0.3, 0.4) is 0 Å². The van der Waals surface area contributed by atoms with Crippen LogP contribution >= 0.6 is 0 Å². The molecule has 0 spiro atoms. The average molecular weight is 388 g/mol. The van der Waals surface area contributed by atoms with Crippen molar-refractivity contribution in [3.8, 4) is 0 Å². The van der Waals surface area contributed by atoms with E-state index in [4.69, 9.17) is 4.74 Å². The van der Waals surface area contributed by atoms with E-state index in [9.17, 15) is 14.4 Å². The number of carbonyl (C=O) groups excluding carboxylic acids is 3. The number of nitrogens with zero attached hydrogens (tertiary/aromatic N) is 3. The van der Waals surface area contributed by atoms with E-state index in [0.29, 0.717) is 45.4 Å². The fraction of sp³-hybridized carbons (Fsp3) is 0.600. The van der Waals surface area contributed by atoms with Gasteiger partial charge >= 0.3 is 6.09 Å². The van der Waals surface area contributed by atoms with E-state index in [1.54, 1.807) is 11.1 Å². The zero-order chi connectivity index (χ0) is 20.3. The van der Waals surface area contributed by atoms with Crippen LogP contribution in [0.15, 0.2) is 18.3 Å². The van der Waals surface area contributed by atoms with E-state index in [1.165, 1.54) is 0 Å². The summed E-state index contributed by atoms with van der Waals surface area (Å²) in [6.45, 7) is 8.16. The highest BCUT2D eigenvalue weighted by Gasteiger charge is 2.28. The van der Waals surface area contributed by atoms with Gasteiger partial charge < -0.3 is 14.5 Å². The van der Waals surface area contributed by atoms with E-state index in [1.807, 2.05) is 32.9 Å². The van der Waals surface area contributed by atoms with Crippen molar-refractivity contribution in [2.75, 3.05) is 31.1 Å². The fourth-order valence-corrected chi connectivity index (χ4v) is 3.39. The molecular weight excluding hydrogens is 360 g/mol. The minimum absolute atomic E-state index is 0.178. The quantitative estimate of drug-likeness (QED) is 0.793. The summed E-state index contributed by atoms with van der Waals surface area (Å²) < 4.78 is 5.42. The van der Waals surface area contributed by atoms with Crippen LogP contribution in [-0.4, -0.2) is 59.6 Å². The Morgan fingerprint density at radius 3 is 2.50 bits per heavy atom. The van der Waals surface area contributed by atoms with E-state index in [2.05, 4.69) is 15.2 Å². The van der Waals surface area contributed by atoms with Gasteiger partial charge in [0.1, 0.15) is 11.4 Å². The minimum atomic E-state index is -0.492. The van der Waals surface area contributed by atoms with Gasteiger partial charge in [-0.25, -0.2) is 9.78 Å². The van der Waals surface area contributed by atoms with Gasteiger partial charge in [0, 0.05) is 44.7 Å². The van der Waals surface area contributed by atoms with Crippen molar-refractivity contribution in [3.63, 3.8) is 0 Å². The second-order valence-electron chi connectivity index (χ2n) is 8.33. The van der Waals surface area contributed by atoms with Crippen molar-refractivity contribution in [3.05, 3.63) is 23.9 Å². The Bertz CT molecular complexity index is 734. The first-order chi connectivity index (χ1) is 13.2. The molecule has 28 heavy (non-hydrogen) atoms. The van der Waals surface area contributed by atoms with Gasteiger partial charge in [0.15, 0.2) is 0 Å². The third-order valence-electron chi connectivity index (χ3n) is 4.90. The van der Waals surface area contributed by atoms with Crippen molar-refractivity contribution in [2.45, 2.75) is 45.6 Å². The molecule has 0 saturated carbocycles. The van der Waals surface area contributed by atoms with Crippen molar-refractivity contribution >= 4 is 23.7 Å². The van der Waals surface area contributed by atoms with Crippen LogP contribution in [0, 0.1) is 5.92 Å². The Hall–Kier alpha value is -2.64. The summed E-state index contributed by atoms with van der Waals surface area (Å²) in [5.41, 5.74) is 0.486. The first-order valence-corrected chi connectivity index (χ1v) is 9.73. The fourth-order valence-electron chi connectivity index (χ4n) is 3.39. The van der Waals surface area contributed by atoms with Crippen LogP contribution in [0.25, 0.3) is 0 Å². The molecule has 3 amide bonds. The first kappa shape index (κ1) is 20.1. The third kappa shape index (κ3) is 5.21. The van der Waals surface area contributed by atoms with Crippen LogP contribution in [0.4, 0.5) is 10.6 Å². The summed E-state index contributed by atoms with van der Waals surface area (Å²) in [5, 5.41) is 2.39. The molecule has 8 nitrogen and oxygen atoms in total. The van der Waals surface area contributed by atoms with Gasteiger partial charge in [-0.2, -0.15) is 0 Å². The van der Waals surface area contributed by atoms with Gasteiger partial charge in [-0.15, -0.1) is 0 Å². The molecule has 8 heteroatoms. The Kier molecular flexibility index (Phi) is 5.86. The highest BCUT2D eigenvalue weighted by Crippen LogP contribution is 2.20. The molecule has 2 aliphatic heterocycles. The lowest BCUT2D eigenvalue weighted by Gasteiger charge is -2.36. The number of hydrogen-bond donors (Lipinski definition) is 1. The highest BCUT2D eigenvalue weighted by atomic mass is 16.6. The Labute approximate surface area is 165 Å². The molecule has 3 heterocycles. The molecule has 152 valence electrons. The molecule has 0 aromatic carbocycles. The number of imide groups is 1.